The number of fused-ring (bicyclic) bond motifs is 4. The van der Waals surface area contributed by atoms with Gasteiger partial charge in [0.25, 0.3) is 6.33 Å². The Bertz CT molecular complexity index is 3430. The van der Waals surface area contributed by atoms with Gasteiger partial charge in [-0.1, -0.05) is 153 Å². The second kappa shape index (κ2) is 15.6. The average molecular weight is 988 g/mol. The van der Waals surface area contributed by atoms with Crippen molar-refractivity contribution in [1.29, 1.82) is 0 Å². The summed E-state index contributed by atoms with van der Waals surface area (Å²) in [5, 5.41) is 1.68. The molecule has 0 aliphatic carbocycles. The molecule has 0 atom stereocenters. The van der Waals surface area contributed by atoms with Crippen molar-refractivity contribution in [3.63, 3.8) is 0 Å². The minimum Gasteiger partial charge on any atom is -0.510 e. The predicted octanol–water partition coefficient (Wildman–Crippen LogP) is 13.5. The molecule has 0 aliphatic rings. The number of hydrogen-bond donors (Lipinski definition) is 0. The monoisotopic (exact) mass is 987 g/mol. The first-order valence-electron chi connectivity index (χ1n) is 24.2. The number of ether oxygens (including phenoxy) is 1. The molecule has 0 bridgehead atoms. The van der Waals surface area contributed by atoms with Gasteiger partial charge in [0, 0.05) is 54.0 Å². The van der Waals surface area contributed by atoms with Gasteiger partial charge in [-0.15, -0.1) is 29.7 Å². The molecule has 0 aliphatic heterocycles. The first-order chi connectivity index (χ1) is 31.8. The van der Waals surface area contributed by atoms with Gasteiger partial charge >= 0.3 is 0 Å². The van der Waals surface area contributed by atoms with Crippen LogP contribution in [0.2, 0.25) is 0 Å². The van der Waals surface area contributed by atoms with Crippen molar-refractivity contribution in [2.24, 2.45) is 0 Å². The summed E-state index contributed by atoms with van der Waals surface area (Å²) in [6, 6.07) is 35.8. The van der Waals surface area contributed by atoms with Crippen LogP contribution in [-0.2, 0) is 37.3 Å². The fourth-order valence-corrected chi connectivity index (χ4v) is 7.92. The molecule has 6 heteroatoms. The molecule has 310 valence electrons. The smallest absolute Gasteiger partial charge is 0.268 e. The van der Waals surface area contributed by atoms with Crippen LogP contribution in [0.4, 0.5) is 0 Å². The Morgan fingerprint density at radius 3 is 2.05 bits per heavy atom. The molecule has 0 saturated heterocycles. The molecule has 9 aromatic rings. The summed E-state index contributed by atoms with van der Waals surface area (Å²) < 4.78 is 79.9. The zero-order valence-electron chi connectivity index (χ0n) is 43.8. The quantitative estimate of drug-likeness (QED) is 0.123. The summed E-state index contributed by atoms with van der Waals surface area (Å²) in [5.74, 6) is 1.05. The van der Waals surface area contributed by atoms with Gasteiger partial charge in [0.15, 0.2) is 0 Å². The number of nitrogens with zero attached hydrogens (tertiary/aromatic N) is 4. The van der Waals surface area contributed by atoms with E-state index in [2.05, 4.69) is 116 Å². The van der Waals surface area contributed by atoms with Gasteiger partial charge in [0.1, 0.15) is 5.82 Å². The van der Waals surface area contributed by atoms with Gasteiger partial charge in [-0.3, -0.25) is 4.57 Å². The first-order valence-corrected chi connectivity index (χ1v) is 20.2. The third kappa shape index (κ3) is 7.74. The third-order valence-electron chi connectivity index (χ3n) is 11.0. The van der Waals surface area contributed by atoms with Gasteiger partial charge < -0.3 is 13.9 Å². The summed E-state index contributed by atoms with van der Waals surface area (Å²) in [6.45, 7) is 17.6. The molecule has 0 spiro atoms. The van der Waals surface area contributed by atoms with E-state index in [0.29, 0.717) is 22.7 Å². The van der Waals surface area contributed by atoms with E-state index in [-0.39, 0.29) is 59.8 Å². The minimum atomic E-state index is -2.74. The molecule has 0 unspecified atom stereocenters. The van der Waals surface area contributed by atoms with Crippen molar-refractivity contribution in [1.82, 2.24) is 14.1 Å². The molecule has 9 rings (SSSR count). The summed E-state index contributed by atoms with van der Waals surface area (Å²) >= 11 is 0. The van der Waals surface area contributed by atoms with E-state index < -0.39 is 37.1 Å². The number of pyridine rings is 1. The Morgan fingerprint density at radius 2 is 1.36 bits per heavy atom. The van der Waals surface area contributed by atoms with Gasteiger partial charge in [-0.05, 0) is 74.1 Å². The van der Waals surface area contributed by atoms with Crippen molar-refractivity contribution in [3.05, 3.63) is 174 Å². The largest absolute Gasteiger partial charge is 0.510 e. The molecule has 6 aromatic carbocycles. The fraction of sp³-hybridized carbons (Fsp3) is 0.236. The van der Waals surface area contributed by atoms with Crippen molar-refractivity contribution < 1.29 is 41.3 Å². The SMILES string of the molecule is [2H]c1c([2H])c([2H])c(-c2cnc(-n3c4[c-]c(Oc5[c-]c(-n6[c-][n+](-c7c(C(C)(C)C)cc(C(C)(C)C)cc7C(C)(C)C)c7ccccc76)ccc5)ccc4c4ccccc43)cc2C([2H])([2H])[2H])c([2H])c1[2H].[Pt]. The standard InChI is InChI=1S/C55H52N4O.Pt/c1-36-29-51(56-34-44(36)37-19-12-11-13-20-37)59-47-24-15-14-23-42(47)43-28-27-41(33-50(43)59)60-40-22-18-21-39(32-40)57-35-58(49-26-17-16-25-48(49)57)52-45(54(5,6)7)30-38(53(2,3)4)31-46(52)55(8,9)10;/h11-31,34H,1-10H3;/q-2;/i1D3,11D,12D,13D,19D,20D;. The number of para-hydroxylation sites is 3. The Morgan fingerprint density at radius 1 is 0.689 bits per heavy atom. The number of rotatable bonds is 6. The topological polar surface area (TPSA) is 35.9 Å². The minimum absolute atomic E-state index is 0. The molecule has 0 N–H and O–H groups in total. The van der Waals surface area contributed by atoms with Crippen molar-refractivity contribution in [2.45, 2.75) is 85.4 Å². The van der Waals surface area contributed by atoms with Gasteiger partial charge in [0.05, 0.1) is 23.6 Å². The fourth-order valence-electron chi connectivity index (χ4n) is 7.92. The first kappa shape index (κ1) is 32.9. The molecule has 5 nitrogen and oxygen atoms in total. The average Bonchev–Trinajstić information content (AvgIpc) is 3.82. The maximum atomic E-state index is 8.60. The van der Waals surface area contributed by atoms with Crippen molar-refractivity contribution >= 4 is 32.8 Å². The Kier molecular flexibility index (Phi) is 8.42. The van der Waals surface area contributed by atoms with Crippen LogP contribution in [0.3, 0.4) is 0 Å². The molecule has 0 fully saturated rings. The second-order valence-electron chi connectivity index (χ2n) is 18.5. The number of benzene rings is 6. The second-order valence-corrected chi connectivity index (χ2v) is 18.5. The molecule has 0 saturated carbocycles. The number of imidazole rings is 1. The number of aryl methyl sites for hydroxylation is 1. The van der Waals surface area contributed by atoms with E-state index in [0.717, 1.165) is 33.0 Å². The number of aromatic nitrogens is 4. The van der Waals surface area contributed by atoms with Crippen LogP contribution >= 0.6 is 0 Å². The van der Waals surface area contributed by atoms with Crippen molar-refractivity contribution in [3.8, 4) is 39.8 Å². The van der Waals surface area contributed by atoms with Crippen LogP contribution in [0.25, 0.3) is 61.2 Å². The molecule has 61 heavy (non-hydrogen) atoms. The van der Waals surface area contributed by atoms with E-state index >= 15 is 0 Å². The molecular weight excluding hydrogens is 928 g/mol. The van der Waals surface area contributed by atoms with Crippen LogP contribution in [0.5, 0.6) is 11.5 Å². The summed E-state index contributed by atoms with van der Waals surface area (Å²) in [5.41, 5.74) is 7.87. The van der Waals surface area contributed by atoms with Crippen molar-refractivity contribution in [2.75, 3.05) is 0 Å². The summed E-state index contributed by atoms with van der Waals surface area (Å²) in [4.78, 5) is 4.70. The van der Waals surface area contributed by atoms with Crippen LogP contribution in [-0.4, -0.2) is 14.1 Å². The molecule has 0 radical (unpaired) electrons. The van der Waals surface area contributed by atoms with Crippen LogP contribution in [0.15, 0.2) is 133 Å². The maximum Gasteiger partial charge on any atom is 0.268 e. The van der Waals surface area contributed by atoms with E-state index in [4.69, 9.17) is 20.7 Å². The summed E-state index contributed by atoms with van der Waals surface area (Å²) in [7, 11) is 0. The third-order valence-corrected chi connectivity index (χ3v) is 11.0. The summed E-state index contributed by atoms with van der Waals surface area (Å²) in [6.07, 6.45) is 5.02. The number of hydrogen-bond acceptors (Lipinski definition) is 2. The zero-order valence-corrected chi connectivity index (χ0v) is 38.1. The van der Waals surface area contributed by atoms with E-state index in [1.807, 2.05) is 65.2 Å². The zero-order chi connectivity index (χ0) is 49.0. The Labute approximate surface area is 386 Å². The molecule has 0 amide bonds. The Hall–Kier alpha value is -5.77. The Balaban J connectivity index is 0.00000642. The van der Waals surface area contributed by atoms with Gasteiger partial charge in [-0.2, -0.15) is 18.2 Å². The van der Waals surface area contributed by atoms with E-state index in [1.54, 1.807) is 4.57 Å². The maximum absolute atomic E-state index is 8.60. The van der Waals surface area contributed by atoms with Crippen LogP contribution in [0, 0.1) is 25.3 Å². The van der Waals surface area contributed by atoms with Crippen LogP contribution < -0.4 is 9.30 Å². The van der Waals surface area contributed by atoms with E-state index in [9.17, 15) is 0 Å². The predicted molar refractivity (Wildman–Crippen MR) is 246 cm³/mol. The van der Waals surface area contributed by atoms with Crippen LogP contribution in [0.1, 0.15) is 95.5 Å². The van der Waals surface area contributed by atoms with E-state index in [1.165, 1.54) is 29.0 Å². The van der Waals surface area contributed by atoms with Gasteiger partial charge in [0.2, 0.25) is 0 Å². The van der Waals surface area contributed by atoms with Gasteiger partial charge in [-0.25, -0.2) is 4.98 Å². The normalized spacial score (nSPS) is 14.4. The molecule has 3 aromatic heterocycles. The molecular formula is C55H52N4OPt-2. The molecule has 3 heterocycles.